The van der Waals surface area contributed by atoms with E-state index >= 15 is 0 Å². The number of hydrogen-bond acceptors (Lipinski definition) is 7. The Balaban J connectivity index is 1.58. The van der Waals surface area contributed by atoms with Gasteiger partial charge in [-0.05, 0) is 48.2 Å². The highest BCUT2D eigenvalue weighted by Crippen LogP contribution is 2.20. The molecule has 4 aromatic rings. The van der Waals surface area contributed by atoms with Crippen molar-refractivity contribution in [2.45, 2.75) is 19.9 Å². The van der Waals surface area contributed by atoms with Crippen LogP contribution in [-0.4, -0.2) is 41.5 Å². The van der Waals surface area contributed by atoms with Crippen LogP contribution in [0.25, 0.3) is 6.08 Å². The average molecular weight is 588 g/mol. The number of nitrogens with one attached hydrogen (secondary N) is 1. The maximum absolute atomic E-state index is 13.7. The third-order valence-corrected chi connectivity index (χ3v) is 7.32. The fourth-order valence-electron chi connectivity index (χ4n) is 4.32. The second kappa shape index (κ2) is 13.5. The van der Waals surface area contributed by atoms with Gasteiger partial charge in [0.25, 0.3) is 15.7 Å². The lowest BCUT2D eigenvalue weighted by molar-refractivity contribution is -0.384. The Kier molecular flexibility index (Phi) is 9.61. The summed E-state index contributed by atoms with van der Waals surface area (Å²) in [5.74, 6) is -2.94. The van der Waals surface area contributed by atoms with E-state index in [4.69, 9.17) is 0 Å². The maximum atomic E-state index is 13.7. The fraction of sp³-hybridized carbons (Fsp3) is 0.167. The lowest BCUT2D eigenvalue weighted by atomic mass is 9.99. The van der Waals surface area contributed by atoms with E-state index in [2.05, 4.69) is 5.10 Å². The van der Waals surface area contributed by atoms with E-state index in [0.717, 1.165) is 5.41 Å². The molecule has 1 N–H and O–H groups in total. The third-order valence-electron chi connectivity index (χ3n) is 6.34. The van der Waals surface area contributed by atoms with E-state index in [1.165, 1.54) is 34.0 Å². The molecule has 1 aromatic heterocycles. The van der Waals surface area contributed by atoms with E-state index in [1.54, 1.807) is 85.9 Å². The predicted molar refractivity (Wildman–Crippen MR) is 159 cm³/mol. The van der Waals surface area contributed by atoms with Crippen molar-refractivity contribution < 1.29 is 22.9 Å². The molecule has 0 saturated carbocycles. The Morgan fingerprint density at radius 2 is 1.71 bits per heavy atom. The summed E-state index contributed by atoms with van der Waals surface area (Å²) in [6.07, 6.45) is 4.33. The zero-order chi connectivity index (χ0) is 30.1. The molecular formula is C30H29N5O6S. The lowest BCUT2D eigenvalue weighted by Crippen LogP contribution is -2.46. The van der Waals surface area contributed by atoms with E-state index in [9.17, 15) is 28.1 Å². The minimum atomic E-state index is -4.22. The molecule has 42 heavy (non-hydrogen) atoms. The smallest absolute Gasteiger partial charge is 0.269 e. The summed E-state index contributed by atoms with van der Waals surface area (Å²) in [5.41, 5.74) is 2.29. The van der Waals surface area contributed by atoms with Crippen molar-refractivity contribution in [1.29, 1.82) is 0 Å². The van der Waals surface area contributed by atoms with E-state index in [-0.39, 0.29) is 25.2 Å². The summed E-state index contributed by atoms with van der Waals surface area (Å²) >= 11 is 0. The molecule has 12 heteroatoms. The molecule has 1 heterocycles. The number of aromatic nitrogens is 2. The van der Waals surface area contributed by atoms with Crippen LogP contribution in [0.2, 0.25) is 0 Å². The van der Waals surface area contributed by atoms with Gasteiger partial charge in [0.15, 0.2) is 0 Å². The molecule has 216 valence electrons. The molecule has 0 saturated heterocycles. The Morgan fingerprint density at radius 1 is 1.02 bits per heavy atom. The van der Waals surface area contributed by atoms with Gasteiger partial charge in [0.2, 0.25) is 11.8 Å². The van der Waals surface area contributed by atoms with Crippen LogP contribution >= 0.6 is 0 Å². The highest BCUT2D eigenvalue weighted by Gasteiger charge is 2.33. The van der Waals surface area contributed by atoms with Crippen LogP contribution in [0.1, 0.15) is 23.6 Å². The molecule has 4 rings (SSSR count). The fourth-order valence-corrected chi connectivity index (χ4v) is 5.15. The average Bonchev–Trinajstić information content (AvgIpc) is 3.43. The van der Waals surface area contributed by atoms with Gasteiger partial charge in [-0.3, -0.25) is 24.4 Å². The first-order chi connectivity index (χ1) is 20.1. The molecule has 0 aliphatic heterocycles. The Bertz CT molecular complexity index is 1690. The topological polar surface area (TPSA) is 145 Å². The van der Waals surface area contributed by atoms with Crippen LogP contribution < -0.4 is 9.62 Å². The van der Waals surface area contributed by atoms with Crippen LogP contribution in [0.5, 0.6) is 0 Å². The van der Waals surface area contributed by atoms with Gasteiger partial charge in [0.05, 0.1) is 23.1 Å². The highest BCUT2D eigenvalue weighted by molar-refractivity contribution is 7.93. The van der Waals surface area contributed by atoms with Crippen molar-refractivity contribution in [3.63, 3.8) is 0 Å². The molecule has 2 amide bonds. The largest absolute Gasteiger partial charge is 0.312 e. The molecule has 1 unspecified atom stereocenters. The molecular weight excluding hydrogens is 558 g/mol. The molecule has 0 aliphatic carbocycles. The number of benzene rings is 3. The second-order valence-corrected chi connectivity index (χ2v) is 10.9. The van der Waals surface area contributed by atoms with E-state index in [0.29, 0.717) is 22.4 Å². The number of sulfonamides is 1. The first kappa shape index (κ1) is 29.9. The van der Waals surface area contributed by atoms with Crippen molar-refractivity contribution in [3.8, 4) is 0 Å². The van der Waals surface area contributed by atoms with Gasteiger partial charge < -0.3 is 4.90 Å². The van der Waals surface area contributed by atoms with Gasteiger partial charge in [-0.25, -0.2) is 13.1 Å². The summed E-state index contributed by atoms with van der Waals surface area (Å²) in [6, 6.07) is 23.6. The quantitative estimate of drug-likeness (QED) is 0.149. The summed E-state index contributed by atoms with van der Waals surface area (Å²) in [4.78, 5) is 39.2. The molecule has 0 radical (unpaired) electrons. The summed E-state index contributed by atoms with van der Waals surface area (Å²) in [7, 11) is -4.22. The number of hydrogen-bond donors (Lipinski definition) is 1. The van der Waals surface area contributed by atoms with E-state index < -0.39 is 32.7 Å². The van der Waals surface area contributed by atoms with Gasteiger partial charge in [-0.1, -0.05) is 60.7 Å². The van der Waals surface area contributed by atoms with Crippen molar-refractivity contribution in [2.75, 3.05) is 11.4 Å². The van der Waals surface area contributed by atoms with Gasteiger partial charge in [0, 0.05) is 30.6 Å². The molecule has 11 nitrogen and oxygen atoms in total. The van der Waals surface area contributed by atoms with E-state index in [1.807, 2.05) is 4.72 Å². The molecule has 0 aliphatic rings. The predicted octanol–water partition coefficient (Wildman–Crippen LogP) is 4.17. The number of para-hydroxylation sites is 1. The monoisotopic (exact) mass is 587 g/mol. The number of nitro groups is 1. The highest BCUT2D eigenvalue weighted by atomic mass is 32.2. The number of anilines is 1. The van der Waals surface area contributed by atoms with Crippen LogP contribution in [0, 0.1) is 16.0 Å². The number of nitrogens with zero attached hydrogens (tertiary/aromatic N) is 4. The number of nitro benzene ring substituents is 1. The molecule has 0 bridgehead atoms. The van der Waals surface area contributed by atoms with Gasteiger partial charge in [-0.2, -0.15) is 5.10 Å². The van der Waals surface area contributed by atoms with Gasteiger partial charge >= 0.3 is 0 Å². The van der Waals surface area contributed by atoms with Gasteiger partial charge in [-0.15, -0.1) is 0 Å². The van der Waals surface area contributed by atoms with Crippen molar-refractivity contribution in [2.24, 2.45) is 5.92 Å². The van der Waals surface area contributed by atoms with Crippen molar-refractivity contribution >= 4 is 39.3 Å². The van der Waals surface area contributed by atoms with Gasteiger partial charge in [0.1, 0.15) is 5.92 Å². The molecule has 1 atom stereocenters. The van der Waals surface area contributed by atoms with Crippen LogP contribution in [0.15, 0.2) is 103 Å². The normalized spacial score (nSPS) is 12.1. The number of non-ortho nitro benzene ring substituents is 1. The number of carbonyl (C=O) groups is 2. The van der Waals surface area contributed by atoms with Crippen LogP contribution in [0.3, 0.4) is 0 Å². The summed E-state index contributed by atoms with van der Waals surface area (Å²) < 4.78 is 29.1. The van der Waals surface area contributed by atoms with Crippen LogP contribution in [-0.2, 0) is 32.6 Å². The number of rotatable bonds is 12. The Morgan fingerprint density at radius 3 is 2.38 bits per heavy atom. The minimum Gasteiger partial charge on any atom is -0.312 e. The molecule has 0 spiro atoms. The van der Waals surface area contributed by atoms with Crippen LogP contribution in [0.4, 0.5) is 11.4 Å². The summed E-state index contributed by atoms with van der Waals surface area (Å²) in [5, 5.41) is 16.3. The summed E-state index contributed by atoms with van der Waals surface area (Å²) in [6.45, 7) is 2.23. The standard InChI is InChI=1S/C30H29N5O6S/c1-2-34(26-13-7-4-8-14-26)30(37)28(29(36)32-42(40,41)17-16-23-10-5-3-6-11-23)19-25-20-31-33(22-25)21-24-12-9-15-27(18-24)35(38)39/h3-18,20,22,28H,2,19,21H2,1H3,(H,32,36)/b17-16+. The number of amides is 2. The zero-order valence-corrected chi connectivity index (χ0v) is 23.6. The maximum Gasteiger partial charge on any atom is 0.269 e. The third kappa shape index (κ3) is 7.98. The molecule has 3 aromatic carbocycles. The second-order valence-electron chi connectivity index (χ2n) is 9.37. The number of carbonyl (C=O) groups excluding carboxylic acids is 2. The molecule has 0 fully saturated rings. The Labute approximate surface area is 243 Å². The lowest BCUT2D eigenvalue weighted by Gasteiger charge is -2.25. The zero-order valence-electron chi connectivity index (χ0n) is 22.7. The SMILES string of the molecule is CCN(C(=O)C(Cc1cnn(Cc2cccc([N+](=O)[O-])c2)c1)C(=O)NS(=O)(=O)/C=C/c1ccccc1)c1ccccc1. The Hall–Kier alpha value is -5.10. The first-order valence-electron chi connectivity index (χ1n) is 13.1. The van der Waals surface area contributed by atoms with Crippen molar-refractivity contribution in [1.82, 2.24) is 14.5 Å². The van der Waals surface area contributed by atoms with Crippen molar-refractivity contribution in [3.05, 3.63) is 130 Å². The minimum absolute atomic E-state index is 0.0506. The first-order valence-corrected chi connectivity index (χ1v) is 14.6.